The van der Waals surface area contributed by atoms with Gasteiger partial charge in [0.1, 0.15) is 0 Å². The first-order chi connectivity index (χ1) is 9.40. The van der Waals surface area contributed by atoms with Gasteiger partial charge in [0.25, 0.3) is 5.69 Å². The Morgan fingerprint density at radius 2 is 2.00 bits per heavy atom. The van der Waals surface area contributed by atoms with Gasteiger partial charge >= 0.3 is 10.2 Å². The van der Waals surface area contributed by atoms with E-state index in [-0.39, 0.29) is 5.69 Å². The molecule has 0 saturated carbocycles. The van der Waals surface area contributed by atoms with E-state index in [1.807, 2.05) is 0 Å². The van der Waals surface area contributed by atoms with Crippen LogP contribution >= 0.6 is 0 Å². The highest BCUT2D eigenvalue weighted by atomic mass is 32.2. The number of nitro groups is 1. The highest BCUT2D eigenvalue weighted by Gasteiger charge is 2.24. The van der Waals surface area contributed by atoms with Gasteiger partial charge in [-0.2, -0.15) is 12.7 Å². The fourth-order valence-corrected chi connectivity index (χ4v) is 3.26. The summed E-state index contributed by atoms with van der Waals surface area (Å²) in [5.41, 5.74) is 0.805. The smallest absolute Gasteiger partial charge is 0.301 e. The third-order valence-corrected chi connectivity index (χ3v) is 4.60. The molecule has 9 heteroatoms. The molecule has 110 valence electrons. The molecule has 0 unspecified atom stereocenters. The van der Waals surface area contributed by atoms with E-state index in [1.165, 1.54) is 22.5 Å². The third-order valence-electron chi connectivity index (χ3n) is 3.08. The molecule has 1 aromatic rings. The number of nitrogens with zero attached hydrogens (tertiary/aromatic N) is 2. The van der Waals surface area contributed by atoms with E-state index in [0.717, 1.165) is 0 Å². The normalized spacial score (nSPS) is 16.9. The molecule has 1 saturated heterocycles. The number of rotatable bonds is 4. The van der Waals surface area contributed by atoms with E-state index in [9.17, 15) is 18.5 Å². The lowest BCUT2D eigenvalue weighted by molar-refractivity contribution is -0.384. The quantitative estimate of drug-likeness (QED) is 0.621. The van der Waals surface area contributed by atoms with Gasteiger partial charge in [0.2, 0.25) is 0 Å². The maximum Gasteiger partial charge on any atom is 0.301 e. The maximum atomic E-state index is 12.2. The molecule has 0 aromatic heterocycles. The molecule has 8 nitrogen and oxygen atoms in total. The minimum absolute atomic E-state index is 0.0624. The van der Waals surface area contributed by atoms with Gasteiger partial charge in [-0.25, -0.2) is 0 Å². The molecule has 0 aliphatic carbocycles. The van der Waals surface area contributed by atoms with E-state index < -0.39 is 15.1 Å². The summed E-state index contributed by atoms with van der Waals surface area (Å²) < 4.78 is 28.2. The van der Waals surface area contributed by atoms with Gasteiger partial charge in [-0.15, -0.1) is 0 Å². The van der Waals surface area contributed by atoms with Crippen molar-refractivity contribution in [1.82, 2.24) is 9.62 Å². The van der Waals surface area contributed by atoms with Crippen molar-refractivity contribution in [3.05, 3.63) is 33.9 Å². The zero-order chi connectivity index (χ0) is 14.8. The first-order valence-electron chi connectivity index (χ1n) is 6.14. The lowest BCUT2D eigenvalue weighted by atomic mass is 10.2. The van der Waals surface area contributed by atoms with E-state index in [4.69, 9.17) is 0 Å². The number of hydrogen-bond acceptors (Lipinski definition) is 5. The zero-order valence-corrected chi connectivity index (χ0v) is 11.8. The maximum absolute atomic E-state index is 12.2. The molecule has 0 spiro atoms. The van der Waals surface area contributed by atoms with Crippen molar-refractivity contribution in [3.63, 3.8) is 0 Å². The lowest BCUT2D eigenvalue weighted by Gasteiger charge is -2.27. The van der Waals surface area contributed by atoms with Crippen LogP contribution in [0, 0.1) is 17.0 Å². The molecule has 1 aliphatic rings. The van der Waals surface area contributed by atoms with Crippen molar-refractivity contribution in [1.29, 1.82) is 0 Å². The molecular formula is C11H16N4O4S. The Kier molecular flexibility index (Phi) is 4.21. The topological polar surface area (TPSA) is 105 Å². The highest BCUT2D eigenvalue weighted by Crippen LogP contribution is 2.22. The molecule has 1 fully saturated rings. The molecule has 1 aromatic carbocycles. The van der Waals surface area contributed by atoms with Crippen LogP contribution in [0.15, 0.2) is 18.2 Å². The van der Waals surface area contributed by atoms with Gasteiger partial charge in [0.05, 0.1) is 10.6 Å². The molecule has 0 atom stereocenters. The van der Waals surface area contributed by atoms with Crippen LogP contribution in [-0.2, 0) is 10.2 Å². The van der Waals surface area contributed by atoms with Gasteiger partial charge in [0.15, 0.2) is 0 Å². The van der Waals surface area contributed by atoms with Crippen LogP contribution in [0.25, 0.3) is 0 Å². The van der Waals surface area contributed by atoms with Crippen LogP contribution < -0.4 is 10.0 Å². The number of benzene rings is 1. The van der Waals surface area contributed by atoms with Crippen LogP contribution in [-0.4, -0.2) is 43.8 Å². The molecule has 0 amide bonds. The Hall–Kier alpha value is -1.71. The first-order valence-corrected chi connectivity index (χ1v) is 7.58. The summed E-state index contributed by atoms with van der Waals surface area (Å²) in [5, 5.41) is 13.7. The number of hydrogen-bond donors (Lipinski definition) is 2. The van der Waals surface area contributed by atoms with E-state index in [1.54, 1.807) is 6.92 Å². The van der Waals surface area contributed by atoms with Crippen molar-refractivity contribution in [3.8, 4) is 0 Å². The summed E-state index contributed by atoms with van der Waals surface area (Å²) in [6.07, 6.45) is 0. The predicted molar refractivity (Wildman–Crippen MR) is 74.8 cm³/mol. The van der Waals surface area contributed by atoms with Gasteiger partial charge < -0.3 is 5.32 Å². The summed E-state index contributed by atoms with van der Waals surface area (Å²) in [5.74, 6) is 0. The standard InChI is InChI=1S/C11H16N4O4S/c1-9-8-10(15(16)17)2-3-11(9)13-20(18,19)14-6-4-12-5-7-14/h2-3,8,12-13H,4-7H2,1H3. The molecule has 0 bridgehead atoms. The van der Waals surface area contributed by atoms with Gasteiger partial charge in [0, 0.05) is 38.3 Å². The number of nitro benzene ring substituents is 1. The van der Waals surface area contributed by atoms with E-state index in [2.05, 4.69) is 10.0 Å². The Morgan fingerprint density at radius 3 is 2.55 bits per heavy atom. The van der Waals surface area contributed by atoms with Crippen LogP contribution in [0.1, 0.15) is 5.56 Å². The monoisotopic (exact) mass is 300 g/mol. The average Bonchev–Trinajstić information content (AvgIpc) is 2.41. The largest absolute Gasteiger partial charge is 0.314 e. The average molecular weight is 300 g/mol. The summed E-state index contributed by atoms with van der Waals surface area (Å²) in [6.45, 7) is 3.66. The second kappa shape index (κ2) is 5.73. The lowest BCUT2D eigenvalue weighted by Crippen LogP contribution is -2.48. The van der Waals surface area contributed by atoms with Crippen LogP contribution in [0.5, 0.6) is 0 Å². The fraction of sp³-hybridized carbons (Fsp3) is 0.455. The van der Waals surface area contributed by atoms with Gasteiger partial charge in [-0.05, 0) is 18.6 Å². The van der Waals surface area contributed by atoms with E-state index >= 15 is 0 Å². The summed E-state index contributed by atoms with van der Waals surface area (Å²) in [7, 11) is -3.62. The number of nitrogens with one attached hydrogen (secondary N) is 2. The van der Waals surface area contributed by atoms with Crippen molar-refractivity contribution in [2.45, 2.75) is 6.92 Å². The molecule has 1 heterocycles. The summed E-state index contributed by atoms with van der Waals surface area (Å²) in [6, 6.07) is 4.03. The third kappa shape index (κ3) is 3.24. The second-order valence-corrected chi connectivity index (χ2v) is 6.18. The van der Waals surface area contributed by atoms with E-state index in [0.29, 0.717) is 37.4 Å². The summed E-state index contributed by atoms with van der Waals surface area (Å²) in [4.78, 5) is 10.1. The zero-order valence-electron chi connectivity index (χ0n) is 11.0. The highest BCUT2D eigenvalue weighted by molar-refractivity contribution is 7.90. The number of non-ortho nitro benzene ring substituents is 1. The van der Waals surface area contributed by atoms with Crippen molar-refractivity contribution in [2.75, 3.05) is 30.9 Å². The van der Waals surface area contributed by atoms with Gasteiger partial charge in [-0.1, -0.05) is 0 Å². The Bertz CT molecular complexity index is 611. The van der Waals surface area contributed by atoms with Crippen molar-refractivity contribution < 1.29 is 13.3 Å². The number of aryl methyl sites for hydroxylation is 1. The first kappa shape index (κ1) is 14.7. The molecule has 1 aliphatic heterocycles. The molecule has 2 rings (SSSR count). The number of piperazine rings is 1. The van der Waals surface area contributed by atoms with Crippen LogP contribution in [0.4, 0.5) is 11.4 Å². The van der Waals surface area contributed by atoms with Crippen molar-refractivity contribution >= 4 is 21.6 Å². The predicted octanol–water partition coefficient (Wildman–Crippen LogP) is 0.465. The molecule has 0 radical (unpaired) electrons. The second-order valence-electron chi connectivity index (χ2n) is 4.51. The minimum Gasteiger partial charge on any atom is -0.314 e. The van der Waals surface area contributed by atoms with Gasteiger partial charge in [-0.3, -0.25) is 14.8 Å². The van der Waals surface area contributed by atoms with Crippen LogP contribution in [0.3, 0.4) is 0 Å². The molecular weight excluding hydrogens is 284 g/mol. The Labute approximate surface area is 117 Å². The minimum atomic E-state index is -3.62. The van der Waals surface area contributed by atoms with Crippen molar-refractivity contribution in [2.24, 2.45) is 0 Å². The number of anilines is 1. The molecule has 20 heavy (non-hydrogen) atoms. The molecule has 2 N–H and O–H groups in total. The Balaban J connectivity index is 2.18. The summed E-state index contributed by atoms with van der Waals surface area (Å²) >= 11 is 0. The van der Waals surface area contributed by atoms with Crippen LogP contribution in [0.2, 0.25) is 0 Å². The Morgan fingerprint density at radius 1 is 1.35 bits per heavy atom. The fourth-order valence-electron chi connectivity index (χ4n) is 1.96. The SMILES string of the molecule is Cc1cc([N+](=O)[O-])ccc1NS(=O)(=O)N1CCNCC1.